The number of hydrogen-bond donors (Lipinski definition) is 2. The van der Waals surface area contributed by atoms with Crippen LogP contribution < -0.4 is 15.6 Å². The maximum absolute atomic E-state index is 12.2. The molecular formula is C17H19N3O3. The highest BCUT2D eigenvalue weighted by molar-refractivity contribution is 5.92. The predicted molar refractivity (Wildman–Crippen MR) is 85.9 cm³/mol. The molecular weight excluding hydrogens is 294 g/mol. The molecule has 1 aromatic heterocycles. The Hall–Kier alpha value is -2.63. The summed E-state index contributed by atoms with van der Waals surface area (Å²) in [5.41, 5.74) is 0.975. The first-order valence-electron chi connectivity index (χ1n) is 7.68. The van der Waals surface area contributed by atoms with E-state index in [0.29, 0.717) is 24.7 Å². The topological polar surface area (TPSA) is 84.1 Å². The van der Waals surface area contributed by atoms with Gasteiger partial charge < -0.3 is 15.0 Å². The highest BCUT2D eigenvalue weighted by Gasteiger charge is 2.27. The number of carbonyl (C=O) groups is 1. The van der Waals surface area contributed by atoms with Crippen molar-refractivity contribution in [3.63, 3.8) is 0 Å². The Bertz CT molecular complexity index is 766. The third kappa shape index (κ3) is 3.97. The quantitative estimate of drug-likeness (QED) is 0.849. The zero-order chi connectivity index (χ0) is 16.2. The Balaban J connectivity index is 1.60. The zero-order valence-corrected chi connectivity index (χ0v) is 13.0. The lowest BCUT2D eigenvalue weighted by atomic mass is 10.1. The van der Waals surface area contributed by atoms with Crippen LogP contribution in [-0.4, -0.2) is 29.5 Å². The first-order valence-corrected chi connectivity index (χ1v) is 7.68. The maximum Gasteiger partial charge on any atom is 0.270 e. The van der Waals surface area contributed by atoms with Crippen molar-refractivity contribution in [2.24, 2.45) is 0 Å². The van der Waals surface area contributed by atoms with E-state index in [9.17, 15) is 9.59 Å². The van der Waals surface area contributed by atoms with Gasteiger partial charge in [0.15, 0.2) is 0 Å². The van der Waals surface area contributed by atoms with Crippen molar-refractivity contribution in [2.75, 3.05) is 13.7 Å². The SMILES string of the molecule is COc1cccc(CCNC(=O)c2cc(=O)[nH]c(C3CC3)n2)c1. The van der Waals surface area contributed by atoms with Crippen LogP contribution in [-0.2, 0) is 6.42 Å². The molecule has 1 fully saturated rings. The fourth-order valence-corrected chi connectivity index (χ4v) is 2.38. The molecule has 6 nitrogen and oxygen atoms in total. The molecule has 1 aromatic carbocycles. The van der Waals surface area contributed by atoms with Gasteiger partial charge in [0.2, 0.25) is 0 Å². The van der Waals surface area contributed by atoms with Crippen molar-refractivity contribution < 1.29 is 9.53 Å². The number of aromatic amines is 1. The molecule has 3 rings (SSSR count). The minimum atomic E-state index is -0.319. The van der Waals surface area contributed by atoms with Crippen LogP contribution >= 0.6 is 0 Å². The number of aromatic nitrogens is 2. The van der Waals surface area contributed by atoms with Gasteiger partial charge in [0, 0.05) is 18.5 Å². The van der Waals surface area contributed by atoms with Crippen molar-refractivity contribution >= 4 is 5.91 Å². The van der Waals surface area contributed by atoms with Gasteiger partial charge in [-0.15, -0.1) is 0 Å². The number of methoxy groups -OCH3 is 1. The van der Waals surface area contributed by atoms with Gasteiger partial charge in [-0.1, -0.05) is 12.1 Å². The molecule has 23 heavy (non-hydrogen) atoms. The molecule has 2 N–H and O–H groups in total. The number of ether oxygens (including phenoxy) is 1. The molecule has 120 valence electrons. The molecule has 1 aliphatic rings. The van der Waals surface area contributed by atoms with Gasteiger partial charge in [-0.05, 0) is 37.0 Å². The summed E-state index contributed by atoms with van der Waals surface area (Å²) in [4.78, 5) is 30.7. The minimum Gasteiger partial charge on any atom is -0.497 e. The van der Waals surface area contributed by atoms with Crippen LogP contribution in [0.3, 0.4) is 0 Å². The lowest BCUT2D eigenvalue weighted by Gasteiger charge is -2.07. The summed E-state index contributed by atoms with van der Waals surface area (Å²) in [5, 5.41) is 2.80. The highest BCUT2D eigenvalue weighted by atomic mass is 16.5. The molecule has 0 unspecified atom stereocenters. The van der Waals surface area contributed by atoms with Crippen LogP contribution in [0.1, 0.15) is 40.6 Å². The Morgan fingerprint density at radius 3 is 2.96 bits per heavy atom. The van der Waals surface area contributed by atoms with Crippen LogP contribution in [0.15, 0.2) is 35.1 Å². The Kier molecular flexibility index (Phi) is 4.41. The van der Waals surface area contributed by atoms with Crippen LogP contribution in [0, 0.1) is 0 Å². The monoisotopic (exact) mass is 313 g/mol. The van der Waals surface area contributed by atoms with Crippen molar-refractivity contribution in [1.29, 1.82) is 0 Å². The van der Waals surface area contributed by atoms with E-state index < -0.39 is 0 Å². The number of hydrogen-bond acceptors (Lipinski definition) is 4. The minimum absolute atomic E-state index is 0.182. The van der Waals surface area contributed by atoms with E-state index in [2.05, 4.69) is 15.3 Å². The van der Waals surface area contributed by atoms with Gasteiger partial charge >= 0.3 is 0 Å². The van der Waals surface area contributed by atoms with Crippen LogP contribution in [0.5, 0.6) is 5.75 Å². The first kappa shape index (κ1) is 15.3. The average Bonchev–Trinajstić information content (AvgIpc) is 3.39. The van der Waals surface area contributed by atoms with Crippen molar-refractivity contribution in [3.05, 3.63) is 57.8 Å². The van der Waals surface area contributed by atoms with Gasteiger partial charge in [-0.3, -0.25) is 9.59 Å². The standard InChI is InChI=1S/C17H19N3O3/c1-23-13-4-2-3-11(9-13)7-8-18-17(22)14-10-15(21)20-16(19-14)12-5-6-12/h2-4,9-10,12H,5-8H2,1H3,(H,18,22)(H,19,20,21). The van der Waals surface area contributed by atoms with E-state index in [1.54, 1.807) is 7.11 Å². The van der Waals surface area contributed by atoms with E-state index in [1.807, 2.05) is 24.3 Å². The van der Waals surface area contributed by atoms with Gasteiger partial charge in [0.05, 0.1) is 7.11 Å². The molecule has 0 spiro atoms. The summed E-state index contributed by atoms with van der Waals surface area (Å²) in [6.45, 7) is 0.471. The Morgan fingerprint density at radius 1 is 1.39 bits per heavy atom. The fraction of sp³-hybridized carbons (Fsp3) is 0.353. The molecule has 0 atom stereocenters. The molecule has 1 aliphatic carbocycles. The van der Waals surface area contributed by atoms with Crippen LogP contribution in [0.25, 0.3) is 0 Å². The number of H-pyrrole nitrogens is 1. The van der Waals surface area contributed by atoms with Crippen molar-refractivity contribution in [3.8, 4) is 5.75 Å². The van der Waals surface area contributed by atoms with E-state index in [4.69, 9.17) is 4.74 Å². The van der Waals surface area contributed by atoms with Crippen molar-refractivity contribution in [2.45, 2.75) is 25.2 Å². The largest absolute Gasteiger partial charge is 0.497 e. The first-order chi connectivity index (χ1) is 11.2. The summed E-state index contributed by atoms with van der Waals surface area (Å²) in [6.07, 6.45) is 2.72. The Morgan fingerprint density at radius 2 is 2.22 bits per heavy atom. The number of rotatable bonds is 6. The molecule has 1 saturated carbocycles. The molecule has 1 amide bonds. The second-order valence-corrected chi connectivity index (χ2v) is 5.65. The van der Waals surface area contributed by atoms with E-state index in [0.717, 1.165) is 24.2 Å². The fourth-order valence-electron chi connectivity index (χ4n) is 2.38. The predicted octanol–water partition coefficient (Wildman–Crippen LogP) is 1.63. The van der Waals surface area contributed by atoms with Gasteiger partial charge in [-0.25, -0.2) is 4.98 Å². The number of carbonyl (C=O) groups excluding carboxylic acids is 1. The second kappa shape index (κ2) is 6.64. The molecule has 1 heterocycles. The summed E-state index contributed by atoms with van der Waals surface area (Å²) in [5.74, 6) is 1.39. The molecule has 6 heteroatoms. The van der Waals surface area contributed by atoms with E-state index in [-0.39, 0.29) is 17.2 Å². The lowest BCUT2D eigenvalue weighted by Crippen LogP contribution is -2.28. The normalized spacial score (nSPS) is 13.6. The summed E-state index contributed by atoms with van der Waals surface area (Å²) >= 11 is 0. The average molecular weight is 313 g/mol. The van der Waals surface area contributed by atoms with Gasteiger partial charge in [0.1, 0.15) is 17.3 Å². The molecule has 0 aliphatic heterocycles. The lowest BCUT2D eigenvalue weighted by molar-refractivity contribution is 0.0948. The molecule has 2 aromatic rings. The summed E-state index contributed by atoms with van der Waals surface area (Å²) in [6, 6.07) is 8.94. The highest BCUT2D eigenvalue weighted by Crippen LogP contribution is 2.37. The zero-order valence-electron chi connectivity index (χ0n) is 13.0. The van der Waals surface area contributed by atoms with Crippen LogP contribution in [0.4, 0.5) is 0 Å². The number of nitrogens with zero attached hydrogens (tertiary/aromatic N) is 1. The van der Waals surface area contributed by atoms with Gasteiger partial charge in [0.25, 0.3) is 11.5 Å². The smallest absolute Gasteiger partial charge is 0.270 e. The van der Waals surface area contributed by atoms with E-state index >= 15 is 0 Å². The van der Waals surface area contributed by atoms with Crippen LogP contribution in [0.2, 0.25) is 0 Å². The molecule has 0 radical (unpaired) electrons. The number of amides is 1. The third-order valence-electron chi connectivity index (χ3n) is 3.79. The summed E-state index contributed by atoms with van der Waals surface area (Å²) in [7, 11) is 1.62. The molecule has 0 saturated heterocycles. The summed E-state index contributed by atoms with van der Waals surface area (Å²) < 4.78 is 5.17. The second-order valence-electron chi connectivity index (χ2n) is 5.65. The number of nitrogens with one attached hydrogen (secondary N) is 2. The van der Waals surface area contributed by atoms with E-state index in [1.165, 1.54) is 6.07 Å². The number of benzene rings is 1. The molecule has 0 bridgehead atoms. The maximum atomic E-state index is 12.2. The van der Waals surface area contributed by atoms with Gasteiger partial charge in [-0.2, -0.15) is 0 Å². The third-order valence-corrected chi connectivity index (χ3v) is 3.79. The Labute approximate surface area is 133 Å². The van der Waals surface area contributed by atoms with Crippen molar-refractivity contribution in [1.82, 2.24) is 15.3 Å².